The Morgan fingerprint density at radius 1 is 1.11 bits per heavy atom. The number of hydrogen-bond acceptors (Lipinski definition) is 6. The maximum absolute atomic E-state index is 13.8. The van der Waals surface area contributed by atoms with Crippen LogP contribution in [0.15, 0.2) is 84.1 Å². The molecule has 3 aromatic carbocycles. The summed E-state index contributed by atoms with van der Waals surface area (Å²) in [6, 6.07) is 19.8. The van der Waals surface area contributed by atoms with Gasteiger partial charge in [-0.2, -0.15) is 0 Å². The fourth-order valence-corrected chi connectivity index (χ4v) is 5.26. The number of amides is 1. The first-order valence-electron chi connectivity index (χ1n) is 11.0. The van der Waals surface area contributed by atoms with Crippen molar-refractivity contribution in [2.75, 3.05) is 12.0 Å². The number of ketones is 1. The van der Waals surface area contributed by atoms with Crippen LogP contribution in [0.5, 0.6) is 5.75 Å². The van der Waals surface area contributed by atoms with Crippen molar-refractivity contribution < 1.29 is 23.8 Å². The molecule has 176 valence electrons. The van der Waals surface area contributed by atoms with Gasteiger partial charge in [-0.25, -0.2) is 9.37 Å². The van der Waals surface area contributed by atoms with Crippen molar-refractivity contribution in [1.29, 1.82) is 0 Å². The second-order valence-corrected chi connectivity index (χ2v) is 9.14. The Balaban J connectivity index is 1.57. The number of methoxy groups -OCH3 is 1. The van der Waals surface area contributed by atoms with E-state index in [0.29, 0.717) is 28.0 Å². The molecule has 0 saturated heterocycles. The van der Waals surface area contributed by atoms with E-state index in [-0.39, 0.29) is 22.9 Å². The van der Waals surface area contributed by atoms with Crippen LogP contribution < -0.4 is 9.64 Å². The number of nitrogens with zero attached hydrogens (tertiary/aromatic N) is 2. The number of hydrogen-bond donors (Lipinski definition) is 1. The standard InChI is InChI=1S/C27H21FN2O4S/c1-34-19-9-5-8-17(14-19)24-23(21(31)13-10-16-6-3-2-4-7-16)25(32)26(33)30(24)27-29-20-12-11-18(28)15-22(20)35-27/h2-9,11-12,14-15,24,32H,10,13H2,1H3. The molecule has 1 atom stereocenters. The largest absolute Gasteiger partial charge is 0.503 e. The maximum Gasteiger partial charge on any atom is 0.296 e. The minimum absolute atomic E-state index is 0.0182. The van der Waals surface area contributed by atoms with Crippen molar-refractivity contribution in [2.45, 2.75) is 18.9 Å². The van der Waals surface area contributed by atoms with Gasteiger partial charge < -0.3 is 9.84 Å². The Morgan fingerprint density at radius 2 is 1.91 bits per heavy atom. The van der Waals surface area contributed by atoms with Gasteiger partial charge in [0.15, 0.2) is 16.7 Å². The maximum atomic E-state index is 13.8. The molecule has 5 rings (SSSR count). The van der Waals surface area contributed by atoms with E-state index in [0.717, 1.165) is 16.9 Å². The van der Waals surface area contributed by atoms with Crippen molar-refractivity contribution in [3.8, 4) is 5.75 Å². The van der Waals surface area contributed by atoms with Gasteiger partial charge in [0.05, 0.1) is 28.9 Å². The molecule has 1 aromatic heterocycles. The fraction of sp³-hybridized carbons (Fsp3) is 0.148. The fourth-order valence-electron chi connectivity index (χ4n) is 4.24. The number of ether oxygens (including phenoxy) is 1. The van der Waals surface area contributed by atoms with Gasteiger partial charge in [0.1, 0.15) is 11.6 Å². The molecule has 0 bridgehead atoms. The van der Waals surface area contributed by atoms with E-state index in [1.165, 1.54) is 30.2 Å². The van der Waals surface area contributed by atoms with Crippen LogP contribution in [0, 0.1) is 5.82 Å². The molecule has 0 fully saturated rings. The highest BCUT2D eigenvalue weighted by atomic mass is 32.1. The summed E-state index contributed by atoms with van der Waals surface area (Å²) in [5.74, 6) is -1.52. The second-order valence-electron chi connectivity index (χ2n) is 8.13. The van der Waals surface area contributed by atoms with Crippen LogP contribution >= 0.6 is 11.3 Å². The molecule has 1 aliphatic heterocycles. The minimum Gasteiger partial charge on any atom is -0.503 e. The zero-order valence-electron chi connectivity index (χ0n) is 18.8. The van der Waals surface area contributed by atoms with Gasteiger partial charge in [-0.1, -0.05) is 53.8 Å². The predicted molar refractivity (Wildman–Crippen MR) is 132 cm³/mol. The van der Waals surface area contributed by atoms with Crippen LogP contribution in [-0.2, 0) is 16.0 Å². The van der Waals surface area contributed by atoms with Crippen molar-refractivity contribution >= 4 is 38.4 Å². The quantitative estimate of drug-likeness (QED) is 0.369. The summed E-state index contributed by atoms with van der Waals surface area (Å²) >= 11 is 1.12. The lowest BCUT2D eigenvalue weighted by atomic mass is 9.93. The third-order valence-corrected chi connectivity index (χ3v) is 6.96. The Bertz CT molecular complexity index is 1460. The number of aliphatic hydroxyl groups is 1. The number of fused-ring (bicyclic) bond motifs is 1. The second kappa shape index (κ2) is 9.31. The normalized spacial score (nSPS) is 15.8. The highest BCUT2D eigenvalue weighted by molar-refractivity contribution is 7.22. The number of benzene rings is 3. The van der Waals surface area contributed by atoms with E-state index in [1.54, 1.807) is 24.3 Å². The van der Waals surface area contributed by atoms with E-state index < -0.39 is 23.5 Å². The summed E-state index contributed by atoms with van der Waals surface area (Å²) in [4.78, 5) is 32.5. The summed E-state index contributed by atoms with van der Waals surface area (Å²) in [6.45, 7) is 0. The number of Topliss-reactive ketones (excluding diaryl/α,β-unsaturated/α-hetero) is 1. The van der Waals surface area contributed by atoms with Crippen molar-refractivity contribution in [1.82, 2.24) is 4.98 Å². The highest BCUT2D eigenvalue weighted by Gasteiger charge is 2.45. The predicted octanol–water partition coefficient (Wildman–Crippen LogP) is 5.55. The van der Waals surface area contributed by atoms with E-state index in [1.807, 2.05) is 30.3 Å². The number of carbonyl (C=O) groups excluding carboxylic acids is 2. The monoisotopic (exact) mass is 488 g/mol. The van der Waals surface area contributed by atoms with Crippen LogP contribution in [0.4, 0.5) is 9.52 Å². The first-order valence-corrected chi connectivity index (χ1v) is 11.8. The molecule has 4 aromatic rings. The topological polar surface area (TPSA) is 79.7 Å². The zero-order valence-corrected chi connectivity index (χ0v) is 19.6. The van der Waals surface area contributed by atoms with Crippen LogP contribution in [-0.4, -0.2) is 28.9 Å². The third-order valence-electron chi connectivity index (χ3n) is 5.95. The molecule has 8 heteroatoms. The highest BCUT2D eigenvalue weighted by Crippen LogP contribution is 2.44. The van der Waals surface area contributed by atoms with E-state index >= 15 is 0 Å². The summed E-state index contributed by atoms with van der Waals surface area (Å²) in [7, 11) is 1.53. The lowest BCUT2D eigenvalue weighted by molar-refractivity contribution is -0.118. The van der Waals surface area contributed by atoms with Gasteiger partial charge in [-0.3, -0.25) is 14.5 Å². The van der Waals surface area contributed by atoms with Crippen molar-refractivity contribution in [3.05, 3.63) is 101 Å². The molecular weight excluding hydrogens is 467 g/mol. The number of carbonyl (C=O) groups is 2. The lowest BCUT2D eigenvalue weighted by Gasteiger charge is -2.24. The molecule has 6 nitrogen and oxygen atoms in total. The third kappa shape index (κ3) is 4.28. The molecule has 1 aliphatic rings. The van der Waals surface area contributed by atoms with Crippen LogP contribution in [0.3, 0.4) is 0 Å². The Labute approximate surface area is 204 Å². The van der Waals surface area contributed by atoms with Gasteiger partial charge in [0.25, 0.3) is 5.91 Å². The number of thiazole rings is 1. The van der Waals surface area contributed by atoms with Crippen LogP contribution in [0.2, 0.25) is 0 Å². The molecule has 0 aliphatic carbocycles. The molecule has 1 N–H and O–H groups in total. The molecule has 1 amide bonds. The summed E-state index contributed by atoms with van der Waals surface area (Å²) in [5.41, 5.74) is 2.11. The SMILES string of the molecule is COc1cccc(C2C(C(=O)CCc3ccccc3)=C(O)C(=O)N2c2nc3ccc(F)cc3s2)c1. The van der Waals surface area contributed by atoms with Gasteiger partial charge in [-0.15, -0.1) is 0 Å². The van der Waals surface area contributed by atoms with E-state index in [4.69, 9.17) is 4.74 Å². The Morgan fingerprint density at radius 3 is 2.69 bits per heavy atom. The first kappa shape index (κ1) is 22.7. The Hall–Kier alpha value is -4.04. The molecule has 0 saturated carbocycles. The number of aromatic nitrogens is 1. The smallest absolute Gasteiger partial charge is 0.296 e. The summed E-state index contributed by atoms with van der Waals surface area (Å²) in [5, 5.41) is 11.2. The Kier molecular flexibility index (Phi) is 6.05. The summed E-state index contributed by atoms with van der Waals surface area (Å²) < 4.78 is 19.7. The molecule has 0 radical (unpaired) electrons. The van der Waals surface area contributed by atoms with Gasteiger partial charge in [0, 0.05) is 6.42 Å². The number of rotatable bonds is 7. The van der Waals surface area contributed by atoms with E-state index in [9.17, 15) is 19.1 Å². The number of aliphatic hydroxyl groups excluding tert-OH is 1. The van der Waals surface area contributed by atoms with E-state index in [2.05, 4.69) is 4.98 Å². The van der Waals surface area contributed by atoms with Crippen molar-refractivity contribution in [2.24, 2.45) is 0 Å². The van der Waals surface area contributed by atoms with Gasteiger partial charge in [-0.05, 0) is 47.9 Å². The van der Waals surface area contributed by atoms with Gasteiger partial charge in [0.2, 0.25) is 0 Å². The van der Waals surface area contributed by atoms with Crippen molar-refractivity contribution in [3.63, 3.8) is 0 Å². The molecule has 35 heavy (non-hydrogen) atoms. The van der Waals surface area contributed by atoms with Crippen LogP contribution in [0.1, 0.15) is 23.6 Å². The average molecular weight is 489 g/mol. The molecule has 1 unspecified atom stereocenters. The molecule has 2 heterocycles. The molecule has 0 spiro atoms. The van der Waals surface area contributed by atoms with Gasteiger partial charge >= 0.3 is 0 Å². The summed E-state index contributed by atoms with van der Waals surface area (Å²) in [6.07, 6.45) is 0.589. The number of halogens is 1. The van der Waals surface area contributed by atoms with Crippen LogP contribution in [0.25, 0.3) is 10.2 Å². The number of anilines is 1. The average Bonchev–Trinajstić information content (AvgIpc) is 3.41. The zero-order chi connectivity index (χ0) is 24.5. The molecular formula is C27H21FN2O4S. The lowest BCUT2D eigenvalue weighted by Crippen LogP contribution is -2.31. The number of aryl methyl sites for hydroxylation is 1. The minimum atomic E-state index is -0.897. The first-order chi connectivity index (χ1) is 17.0.